The predicted molar refractivity (Wildman–Crippen MR) is 242 cm³/mol. The molecule has 2 aliphatic rings. The van der Waals surface area contributed by atoms with Crippen LogP contribution in [0.4, 0.5) is 0 Å². The standard InChI is InChI=1S/C24H23BrN4O.C15H14N4O2.C8H10BrN/c25-21-5-1-3-17(11-21)4-2-6-23(30)20-12-26-29(14-20)16-22-15-28-13-19(18-7-8-18)9-10-24(28)27-22;20-15(21)12-5-16-19(7-12)9-13-8-18-6-11(10-1-2-10)3-4-14(18)17-13;9-8-3-1-2-7(6-8)4-5-10/h1,3,5,9-15,18H,2,4,6-8,16H2;3-8,10H,1-2,9H2,(H,20,21);1-3,6H,4-5,10H2. The number of carboxylic acid groups (broad SMARTS) is 1. The average Bonchev–Trinajstić information content (AvgIpc) is 4.08. The summed E-state index contributed by atoms with van der Waals surface area (Å²) in [5.74, 6) is 0.610. The second-order valence-corrected chi connectivity index (χ2v) is 17.5. The third-order valence-corrected chi connectivity index (χ3v) is 11.7. The number of aromatic carboxylic acids is 1. The normalized spacial score (nSPS) is 13.4. The number of halogens is 2. The molecule has 0 atom stereocenters. The summed E-state index contributed by atoms with van der Waals surface area (Å²) in [5, 5.41) is 17.3. The van der Waals surface area contributed by atoms with Crippen molar-refractivity contribution in [3.05, 3.63) is 176 Å². The second kappa shape index (κ2) is 19.3. The van der Waals surface area contributed by atoms with E-state index in [9.17, 15) is 9.59 Å². The molecule has 0 aliphatic heterocycles. The van der Waals surface area contributed by atoms with E-state index in [1.165, 1.54) is 60.3 Å². The topological polar surface area (TPSA) is 151 Å². The number of aryl methyl sites for hydroxylation is 1. The van der Waals surface area contributed by atoms with Crippen molar-refractivity contribution in [1.82, 2.24) is 38.3 Å². The first-order chi connectivity index (χ1) is 29.6. The number of fused-ring (bicyclic) bond motifs is 2. The summed E-state index contributed by atoms with van der Waals surface area (Å²) in [6.07, 6.45) is 23.1. The van der Waals surface area contributed by atoms with Gasteiger partial charge in [-0.3, -0.25) is 14.2 Å². The minimum atomic E-state index is -0.967. The zero-order valence-corrected chi connectivity index (χ0v) is 36.8. The van der Waals surface area contributed by atoms with Crippen LogP contribution in [0.3, 0.4) is 0 Å². The molecule has 6 aromatic heterocycles. The third kappa shape index (κ3) is 11.6. The Morgan fingerprint density at radius 2 is 1.16 bits per heavy atom. The lowest BCUT2D eigenvalue weighted by Crippen LogP contribution is -2.02. The number of carboxylic acids is 1. The molecular weight excluding hydrogens is 898 g/mol. The van der Waals surface area contributed by atoms with Gasteiger partial charge in [0.05, 0.1) is 48.0 Å². The number of Topliss-reactive ketones (excluding diaryl/α,β-unsaturated/α-hetero) is 1. The van der Waals surface area contributed by atoms with Crippen LogP contribution in [0.1, 0.15) is 105 Å². The molecule has 0 spiro atoms. The van der Waals surface area contributed by atoms with E-state index in [-0.39, 0.29) is 11.3 Å². The molecule has 10 rings (SSSR count). The summed E-state index contributed by atoms with van der Waals surface area (Å²) >= 11 is 6.88. The van der Waals surface area contributed by atoms with Crippen molar-refractivity contribution >= 4 is 54.9 Å². The van der Waals surface area contributed by atoms with Crippen molar-refractivity contribution in [2.75, 3.05) is 6.54 Å². The van der Waals surface area contributed by atoms with Crippen LogP contribution in [-0.2, 0) is 25.9 Å². The Hall–Kier alpha value is -5.70. The molecular formula is C47H47Br2N9O3. The maximum absolute atomic E-state index is 12.5. The minimum Gasteiger partial charge on any atom is -0.478 e. The number of aromatic nitrogens is 8. The highest BCUT2D eigenvalue weighted by molar-refractivity contribution is 9.10. The van der Waals surface area contributed by atoms with Crippen LogP contribution in [-0.4, -0.2) is 61.7 Å². The van der Waals surface area contributed by atoms with Gasteiger partial charge in [-0.25, -0.2) is 14.8 Å². The van der Waals surface area contributed by atoms with E-state index in [1.54, 1.807) is 15.6 Å². The van der Waals surface area contributed by atoms with Crippen molar-refractivity contribution in [3.8, 4) is 0 Å². The highest BCUT2D eigenvalue weighted by atomic mass is 79.9. The number of nitrogens with zero attached hydrogens (tertiary/aromatic N) is 8. The number of ketones is 1. The Bertz CT molecular complexity index is 2780. The third-order valence-electron chi connectivity index (χ3n) is 10.7. The van der Waals surface area contributed by atoms with Crippen LogP contribution in [0.2, 0.25) is 0 Å². The molecule has 0 amide bonds. The van der Waals surface area contributed by atoms with E-state index in [4.69, 9.17) is 10.8 Å². The lowest BCUT2D eigenvalue weighted by Gasteiger charge is -2.01. The minimum absolute atomic E-state index is 0.139. The number of imidazole rings is 2. The first kappa shape index (κ1) is 42.0. The molecule has 2 saturated carbocycles. The molecule has 2 fully saturated rings. The summed E-state index contributed by atoms with van der Waals surface area (Å²) in [6.45, 7) is 1.75. The van der Waals surface area contributed by atoms with E-state index in [0.29, 0.717) is 31.0 Å². The van der Waals surface area contributed by atoms with Crippen LogP contribution in [0.25, 0.3) is 11.3 Å². The van der Waals surface area contributed by atoms with Gasteiger partial charge in [0.25, 0.3) is 0 Å². The maximum Gasteiger partial charge on any atom is 0.338 e. The quantitative estimate of drug-likeness (QED) is 0.102. The maximum atomic E-state index is 12.5. The van der Waals surface area contributed by atoms with E-state index in [2.05, 4.69) is 117 Å². The summed E-state index contributed by atoms with van der Waals surface area (Å²) < 4.78 is 9.71. The second-order valence-electron chi connectivity index (χ2n) is 15.7. The van der Waals surface area contributed by atoms with Crippen molar-refractivity contribution in [2.24, 2.45) is 5.73 Å². The average molecular weight is 946 g/mol. The lowest BCUT2D eigenvalue weighted by molar-refractivity contribution is 0.0696. The van der Waals surface area contributed by atoms with Crippen molar-refractivity contribution in [1.29, 1.82) is 0 Å². The Balaban J connectivity index is 0.000000143. The van der Waals surface area contributed by atoms with Gasteiger partial charge in [-0.15, -0.1) is 0 Å². The summed E-state index contributed by atoms with van der Waals surface area (Å²) in [6, 6.07) is 24.9. The zero-order valence-electron chi connectivity index (χ0n) is 33.7. The number of pyridine rings is 2. The molecule has 0 saturated heterocycles. The first-order valence-corrected chi connectivity index (χ1v) is 22.2. The van der Waals surface area contributed by atoms with Crippen molar-refractivity contribution in [2.45, 2.75) is 76.3 Å². The van der Waals surface area contributed by atoms with Gasteiger partial charge in [0.15, 0.2) is 5.78 Å². The molecule has 312 valence electrons. The van der Waals surface area contributed by atoms with Gasteiger partial charge in [0, 0.05) is 52.5 Å². The van der Waals surface area contributed by atoms with E-state index < -0.39 is 5.97 Å². The molecule has 6 heterocycles. The van der Waals surface area contributed by atoms with Crippen LogP contribution in [0.15, 0.2) is 131 Å². The molecule has 61 heavy (non-hydrogen) atoms. The van der Waals surface area contributed by atoms with Gasteiger partial charge in [0.1, 0.15) is 11.3 Å². The summed E-state index contributed by atoms with van der Waals surface area (Å²) in [4.78, 5) is 32.6. The van der Waals surface area contributed by atoms with E-state index in [1.807, 2.05) is 47.1 Å². The fourth-order valence-electron chi connectivity index (χ4n) is 7.23. The number of benzene rings is 2. The number of carbonyl (C=O) groups excluding carboxylic acids is 1. The molecule has 12 nitrogen and oxygen atoms in total. The molecule has 3 N–H and O–H groups in total. The molecule has 0 radical (unpaired) electrons. The Morgan fingerprint density at radius 1 is 0.656 bits per heavy atom. The Kier molecular flexibility index (Phi) is 13.3. The van der Waals surface area contributed by atoms with Crippen molar-refractivity contribution in [3.63, 3.8) is 0 Å². The smallest absolute Gasteiger partial charge is 0.338 e. The van der Waals surface area contributed by atoms with Gasteiger partial charge >= 0.3 is 5.97 Å². The molecule has 8 aromatic rings. The van der Waals surface area contributed by atoms with Gasteiger partial charge in [0.2, 0.25) is 0 Å². The molecule has 2 aliphatic carbocycles. The van der Waals surface area contributed by atoms with Crippen LogP contribution >= 0.6 is 31.9 Å². The molecule has 2 aromatic carbocycles. The van der Waals surface area contributed by atoms with Gasteiger partial charge in [-0.2, -0.15) is 10.2 Å². The van der Waals surface area contributed by atoms with Crippen LogP contribution < -0.4 is 5.73 Å². The number of hydrogen-bond acceptors (Lipinski definition) is 7. The van der Waals surface area contributed by atoms with Gasteiger partial charge in [-0.05, 0) is 122 Å². The highest BCUT2D eigenvalue weighted by Crippen LogP contribution is 2.40. The monoisotopic (exact) mass is 943 g/mol. The number of carbonyl (C=O) groups is 2. The van der Waals surface area contributed by atoms with Crippen LogP contribution in [0, 0.1) is 0 Å². The van der Waals surface area contributed by atoms with Gasteiger partial charge < -0.3 is 19.6 Å². The van der Waals surface area contributed by atoms with E-state index in [0.717, 1.165) is 63.4 Å². The van der Waals surface area contributed by atoms with Crippen LogP contribution in [0.5, 0.6) is 0 Å². The largest absolute Gasteiger partial charge is 0.478 e. The zero-order chi connectivity index (χ0) is 42.3. The predicted octanol–water partition coefficient (Wildman–Crippen LogP) is 9.53. The number of hydrogen-bond donors (Lipinski definition) is 2. The van der Waals surface area contributed by atoms with Crippen molar-refractivity contribution < 1.29 is 14.7 Å². The summed E-state index contributed by atoms with van der Waals surface area (Å²) in [5.41, 5.74) is 15.2. The SMILES string of the molecule is NCCc1cccc(Br)c1.O=C(CCCc1cccc(Br)c1)c1cnn(Cc2cn3cc(C4CC4)ccc3n2)c1.O=C(O)c1cnn(Cc2cn3cc(C4CC4)ccc3n2)c1. The lowest BCUT2D eigenvalue weighted by atomic mass is 10.0. The van der Waals surface area contributed by atoms with Gasteiger partial charge in [-0.1, -0.05) is 68.3 Å². The Morgan fingerprint density at radius 3 is 1.64 bits per heavy atom. The molecule has 0 bridgehead atoms. The number of rotatable bonds is 14. The first-order valence-electron chi connectivity index (χ1n) is 20.6. The highest BCUT2D eigenvalue weighted by Gasteiger charge is 2.24. The Labute approximate surface area is 370 Å². The molecule has 0 unspecified atom stereocenters. The number of nitrogens with two attached hydrogens (primary N) is 1. The van der Waals surface area contributed by atoms with E-state index >= 15 is 0 Å². The summed E-state index contributed by atoms with van der Waals surface area (Å²) in [7, 11) is 0. The fraction of sp³-hybridized carbons (Fsp3) is 0.277. The molecule has 14 heteroatoms. The fourth-order valence-corrected chi connectivity index (χ4v) is 8.12.